The third-order valence-electron chi connectivity index (χ3n) is 2.78. The topological polar surface area (TPSA) is 54.0 Å². The first-order valence-corrected chi connectivity index (χ1v) is 6.34. The van der Waals surface area contributed by atoms with Gasteiger partial charge in [0.05, 0.1) is 0 Å². The Hall–Kier alpha value is -1.42. The summed E-state index contributed by atoms with van der Waals surface area (Å²) in [6.07, 6.45) is 4.80. The van der Waals surface area contributed by atoms with Crippen LogP contribution >= 0.6 is 0 Å². The van der Waals surface area contributed by atoms with Crippen LogP contribution in [0.15, 0.2) is 24.5 Å². The Labute approximate surface area is 109 Å². The van der Waals surface area contributed by atoms with Gasteiger partial charge in [-0.1, -0.05) is 19.9 Å². The summed E-state index contributed by atoms with van der Waals surface area (Å²) in [5.41, 5.74) is 1.18. The van der Waals surface area contributed by atoms with Crippen LogP contribution < -0.4 is 10.6 Å². The van der Waals surface area contributed by atoms with Crippen molar-refractivity contribution in [1.82, 2.24) is 15.6 Å². The number of carbonyl (C=O) groups is 1. The van der Waals surface area contributed by atoms with E-state index in [1.165, 1.54) is 0 Å². The van der Waals surface area contributed by atoms with E-state index in [0.717, 1.165) is 18.5 Å². The molecule has 1 heterocycles. The van der Waals surface area contributed by atoms with E-state index in [-0.39, 0.29) is 11.3 Å². The van der Waals surface area contributed by atoms with Gasteiger partial charge in [0.2, 0.25) is 5.91 Å². The average molecular weight is 249 g/mol. The van der Waals surface area contributed by atoms with Crippen molar-refractivity contribution in [3.05, 3.63) is 30.1 Å². The fourth-order valence-electron chi connectivity index (χ4n) is 1.77. The molecule has 0 unspecified atom stereocenters. The lowest BCUT2D eigenvalue weighted by atomic mass is 9.93. The number of nitrogens with zero attached hydrogens (tertiary/aromatic N) is 1. The molecule has 0 saturated carbocycles. The minimum atomic E-state index is 0.0821. The molecule has 18 heavy (non-hydrogen) atoms. The first-order valence-electron chi connectivity index (χ1n) is 6.34. The number of rotatable bonds is 7. The molecule has 0 spiro atoms. The molecule has 0 radical (unpaired) electrons. The molecule has 0 bridgehead atoms. The van der Waals surface area contributed by atoms with E-state index < -0.39 is 0 Å². The van der Waals surface area contributed by atoms with Crippen LogP contribution in [0.5, 0.6) is 0 Å². The van der Waals surface area contributed by atoms with Crippen molar-refractivity contribution in [2.45, 2.75) is 26.7 Å². The normalized spacial score (nSPS) is 11.3. The molecule has 1 amide bonds. The van der Waals surface area contributed by atoms with Gasteiger partial charge in [0, 0.05) is 31.9 Å². The Morgan fingerprint density at radius 1 is 1.39 bits per heavy atom. The number of nitrogens with one attached hydrogen (secondary N) is 2. The van der Waals surface area contributed by atoms with Gasteiger partial charge in [-0.3, -0.25) is 9.78 Å². The van der Waals surface area contributed by atoms with Gasteiger partial charge in [0.1, 0.15) is 0 Å². The summed E-state index contributed by atoms with van der Waals surface area (Å²) < 4.78 is 0. The molecule has 4 nitrogen and oxygen atoms in total. The Morgan fingerprint density at radius 2 is 2.17 bits per heavy atom. The molecule has 0 saturated heterocycles. The molecule has 0 atom stereocenters. The SMILES string of the molecule is CNCC(C)(C)CNC(=O)CCc1cccnc1. The number of hydrogen-bond acceptors (Lipinski definition) is 3. The standard InChI is InChI=1S/C14H23N3O/c1-14(2,10-15-3)11-17-13(18)7-6-12-5-4-8-16-9-12/h4-5,8-9,15H,6-7,10-11H2,1-3H3,(H,17,18). The minimum absolute atomic E-state index is 0.0821. The summed E-state index contributed by atoms with van der Waals surface area (Å²) in [4.78, 5) is 15.7. The largest absolute Gasteiger partial charge is 0.356 e. The highest BCUT2D eigenvalue weighted by Crippen LogP contribution is 2.11. The molecule has 100 valence electrons. The summed E-state index contributed by atoms with van der Waals surface area (Å²) in [5.74, 6) is 0.100. The molecule has 1 aromatic rings. The molecule has 0 aliphatic carbocycles. The number of amides is 1. The molecule has 1 aromatic heterocycles. The maximum absolute atomic E-state index is 11.7. The van der Waals surface area contributed by atoms with Gasteiger partial charge in [-0.25, -0.2) is 0 Å². The van der Waals surface area contributed by atoms with Gasteiger partial charge in [-0.2, -0.15) is 0 Å². The molecular weight excluding hydrogens is 226 g/mol. The zero-order chi connectivity index (χ0) is 13.4. The van der Waals surface area contributed by atoms with E-state index in [1.54, 1.807) is 12.4 Å². The van der Waals surface area contributed by atoms with Gasteiger partial charge in [-0.15, -0.1) is 0 Å². The van der Waals surface area contributed by atoms with Crippen LogP contribution in [0, 0.1) is 5.41 Å². The van der Waals surface area contributed by atoms with Crippen LogP contribution in [0.3, 0.4) is 0 Å². The maximum Gasteiger partial charge on any atom is 0.220 e. The molecule has 0 fully saturated rings. The zero-order valence-electron chi connectivity index (χ0n) is 11.5. The smallest absolute Gasteiger partial charge is 0.220 e. The van der Waals surface area contributed by atoms with E-state index in [1.807, 2.05) is 19.2 Å². The van der Waals surface area contributed by atoms with E-state index in [9.17, 15) is 4.79 Å². The van der Waals surface area contributed by atoms with Crippen molar-refractivity contribution in [2.75, 3.05) is 20.1 Å². The van der Waals surface area contributed by atoms with Crippen molar-refractivity contribution >= 4 is 5.91 Å². The first kappa shape index (κ1) is 14.6. The van der Waals surface area contributed by atoms with Gasteiger partial charge in [0.15, 0.2) is 0 Å². The van der Waals surface area contributed by atoms with Crippen LogP contribution in [-0.2, 0) is 11.2 Å². The lowest BCUT2D eigenvalue weighted by molar-refractivity contribution is -0.121. The minimum Gasteiger partial charge on any atom is -0.356 e. The Kier molecular flexibility index (Phi) is 5.78. The molecule has 1 rings (SSSR count). The highest BCUT2D eigenvalue weighted by molar-refractivity contribution is 5.76. The maximum atomic E-state index is 11.7. The number of pyridine rings is 1. The monoisotopic (exact) mass is 249 g/mol. The first-order chi connectivity index (χ1) is 8.53. The van der Waals surface area contributed by atoms with Crippen molar-refractivity contribution in [1.29, 1.82) is 0 Å². The van der Waals surface area contributed by atoms with E-state index in [0.29, 0.717) is 13.0 Å². The average Bonchev–Trinajstić information content (AvgIpc) is 2.35. The summed E-state index contributed by atoms with van der Waals surface area (Å²) in [6, 6.07) is 3.88. The Balaban J connectivity index is 2.26. The van der Waals surface area contributed by atoms with Crippen molar-refractivity contribution in [3.8, 4) is 0 Å². The van der Waals surface area contributed by atoms with Crippen LogP contribution in [0.25, 0.3) is 0 Å². The second-order valence-electron chi connectivity index (χ2n) is 5.33. The van der Waals surface area contributed by atoms with Crippen molar-refractivity contribution < 1.29 is 4.79 Å². The second kappa shape index (κ2) is 7.11. The van der Waals surface area contributed by atoms with Crippen molar-refractivity contribution in [3.63, 3.8) is 0 Å². The highest BCUT2D eigenvalue weighted by atomic mass is 16.1. The van der Waals surface area contributed by atoms with Crippen LogP contribution in [0.2, 0.25) is 0 Å². The predicted octanol–water partition coefficient (Wildman–Crippen LogP) is 1.38. The fraction of sp³-hybridized carbons (Fsp3) is 0.571. The molecule has 0 aliphatic rings. The number of hydrogen-bond donors (Lipinski definition) is 2. The summed E-state index contributed by atoms with van der Waals surface area (Å²) in [5, 5.41) is 6.11. The molecular formula is C14H23N3O. The molecule has 2 N–H and O–H groups in total. The quantitative estimate of drug-likeness (QED) is 0.767. The lowest BCUT2D eigenvalue weighted by Crippen LogP contribution is -2.39. The van der Waals surface area contributed by atoms with Gasteiger partial charge < -0.3 is 10.6 Å². The number of carbonyl (C=O) groups excluding carboxylic acids is 1. The zero-order valence-corrected chi connectivity index (χ0v) is 11.5. The number of aryl methyl sites for hydroxylation is 1. The summed E-state index contributed by atoms with van der Waals surface area (Å²) in [7, 11) is 1.92. The Bertz CT molecular complexity index is 363. The lowest BCUT2D eigenvalue weighted by Gasteiger charge is -2.24. The fourth-order valence-corrected chi connectivity index (χ4v) is 1.77. The molecule has 0 aliphatic heterocycles. The van der Waals surface area contributed by atoms with E-state index >= 15 is 0 Å². The van der Waals surface area contributed by atoms with Crippen LogP contribution in [-0.4, -0.2) is 31.0 Å². The predicted molar refractivity (Wildman–Crippen MR) is 73.3 cm³/mol. The van der Waals surface area contributed by atoms with E-state index in [2.05, 4.69) is 29.5 Å². The van der Waals surface area contributed by atoms with Crippen molar-refractivity contribution in [2.24, 2.45) is 5.41 Å². The van der Waals surface area contributed by atoms with E-state index in [4.69, 9.17) is 0 Å². The third-order valence-corrected chi connectivity index (χ3v) is 2.78. The van der Waals surface area contributed by atoms with Gasteiger partial charge in [0.25, 0.3) is 0 Å². The van der Waals surface area contributed by atoms with Crippen LogP contribution in [0.1, 0.15) is 25.8 Å². The van der Waals surface area contributed by atoms with Gasteiger partial charge >= 0.3 is 0 Å². The summed E-state index contributed by atoms with van der Waals surface area (Å²) in [6.45, 7) is 5.84. The highest BCUT2D eigenvalue weighted by Gasteiger charge is 2.17. The number of aromatic nitrogens is 1. The third kappa shape index (κ3) is 5.77. The Morgan fingerprint density at radius 3 is 2.78 bits per heavy atom. The van der Waals surface area contributed by atoms with Gasteiger partial charge in [-0.05, 0) is 30.5 Å². The molecule has 0 aromatic carbocycles. The second-order valence-corrected chi connectivity index (χ2v) is 5.33. The molecule has 4 heteroatoms. The summed E-state index contributed by atoms with van der Waals surface area (Å²) >= 11 is 0. The van der Waals surface area contributed by atoms with Crippen LogP contribution in [0.4, 0.5) is 0 Å².